The number of nitrogens with one attached hydrogen (secondary N) is 1. The average Bonchev–Trinajstić information content (AvgIpc) is 3.15. The van der Waals surface area contributed by atoms with Crippen molar-refractivity contribution in [1.29, 1.82) is 0 Å². The summed E-state index contributed by atoms with van der Waals surface area (Å²) < 4.78 is 28.7. The van der Waals surface area contributed by atoms with Crippen molar-refractivity contribution in [3.05, 3.63) is 59.5 Å². The molecule has 0 unspecified atom stereocenters. The molecule has 29 heavy (non-hydrogen) atoms. The Labute approximate surface area is 173 Å². The van der Waals surface area contributed by atoms with Gasteiger partial charge in [0.1, 0.15) is 0 Å². The number of benzene rings is 1. The van der Waals surface area contributed by atoms with Crippen LogP contribution in [0.3, 0.4) is 0 Å². The van der Waals surface area contributed by atoms with Crippen LogP contribution in [0.4, 0.5) is 0 Å². The third-order valence-corrected chi connectivity index (χ3v) is 7.25. The van der Waals surface area contributed by atoms with Gasteiger partial charge in [-0.25, -0.2) is 8.42 Å². The Kier molecular flexibility index (Phi) is 5.53. The molecule has 0 atom stereocenters. The molecule has 1 aliphatic heterocycles. The number of pyridine rings is 1. The standard InChI is InChI=1S/C19H20ClN5O3S/c20-15-4-6-16(7-5-15)29(27,28)24-11-8-14(9-12-24)19(26)21-13-18-23-22-17-3-1-2-10-25(17)18/h1-7,10,14H,8-9,11-13H2,(H,21,26). The molecule has 0 bridgehead atoms. The first kappa shape index (κ1) is 19.8. The van der Waals surface area contributed by atoms with Crippen LogP contribution < -0.4 is 5.32 Å². The van der Waals surface area contributed by atoms with Gasteiger partial charge >= 0.3 is 0 Å². The average molecular weight is 434 g/mol. The van der Waals surface area contributed by atoms with Crippen LogP contribution in [-0.2, 0) is 21.4 Å². The highest BCUT2D eigenvalue weighted by molar-refractivity contribution is 7.89. The lowest BCUT2D eigenvalue weighted by atomic mass is 9.97. The molecule has 1 saturated heterocycles. The molecule has 8 nitrogen and oxygen atoms in total. The Bertz CT molecular complexity index is 1120. The Morgan fingerprint density at radius 1 is 1.10 bits per heavy atom. The van der Waals surface area contributed by atoms with Crippen LogP contribution in [0.25, 0.3) is 5.65 Å². The molecular formula is C19H20ClN5O3S. The maximum Gasteiger partial charge on any atom is 0.243 e. The molecule has 1 fully saturated rings. The third-order valence-electron chi connectivity index (χ3n) is 5.08. The van der Waals surface area contributed by atoms with Gasteiger partial charge in [0.2, 0.25) is 15.9 Å². The lowest BCUT2D eigenvalue weighted by Crippen LogP contribution is -2.42. The summed E-state index contributed by atoms with van der Waals surface area (Å²) in [6.45, 7) is 0.876. The largest absolute Gasteiger partial charge is 0.349 e. The number of carbonyl (C=O) groups excluding carboxylic acids is 1. The molecule has 152 valence electrons. The highest BCUT2D eigenvalue weighted by Crippen LogP contribution is 2.25. The van der Waals surface area contributed by atoms with Gasteiger partial charge in [-0.05, 0) is 49.2 Å². The van der Waals surface area contributed by atoms with E-state index >= 15 is 0 Å². The number of rotatable bonds is 5. The number of fused-ring (bicyclic) bond motifs is 1. The monoisotopic (exact) mass is 433 g/mol. The molecule has 10 heteroatoms. The van der Waals surface area contributed by atoms with Gasteiger partial charge in [-0.15, -0.1) is 10.2 Å². The number of hydrogen-bond donors (Lipinski definition) is 1. The normalized spacial score (nSPS) is 16.2. The van der Waals surface area contributed by atoms with Gasteiger partial charge in [-0.1, -0.05) is 17.7 Å². The number of sulfonamides is 1. The maximum atomic E-state index is 12.7. The van der Waals surface area contributed by atoms with Gasteiger partial charge in [-0.3, -0.25) is 9.20 Å². The van der Waals surface area contributed by atoms with Crippen molar-refractivity contribution in [3.63, 3.8) is 0 Å². The number of piperidine rings is 1. The summed E-state index contributed by atoms with van der Waals surface area (Å²) >= 11 is 5.84. The van der Waals surface area contributed by atoms with E-state index in [1.54, 1.807) is 12.1 Å². The first-order chi connectivity index (χ1) is 13.9. The summed E-state index contributed by atoms with van der Waals surface area (Å²) in [4.78, 5) is 12.8. The van der Waals surface area contributed by atoms with Crippen molar-refractivity contribution in [2.75, 3.05) is 13.1 Å². The summed E-state index contributed by atoms with van der Waals surface area (Å²) in [5.74, 6) is 0.323. The second-order valence-corrected chi connectivity index (χ2v) is 9.27. The molecule has 4 rings (SSSR count). The Morgan fingerprint density at radius 3 is 2.55 bits per heavy atom. The second-order valence-electron chi connectivity index (χ2n) is 6.90. The highest BCUT2D eigenvalue weighted by atomic mass is 35.5. The number of halogens is 1. The topological polar surface area (TPSA) is 96.7 Å². The van der Waals surface area contributed by atoms with E-state index in [9.17, 15) is 13.2 Å². The first-order valence-electron chi connectivity index (χ1n) is 9.27. The summed E-state index contributed by atoms with van der Waals surface area (Å²) in [5, 5.41) is 11.5. The molecular weight excluding hydrogens is 414 g/mol. The molecule has 0 radical (unpaired) electrons. The van der Waals surface area contributed by atoms with Crippen LogP contribution in [-0.4, -0.2) is 46.3 Å². The highest BCUT2D eigenvalue weighted by Gasteiger charge is 2.32. The van der Waals surface area contributed by atoms with Gasteiger partial charge in [-0.2, -0.15) is 4.31 Å². The van der Waals surface area contributed by atoms with E-state index in [0.29, 0.717) is 36.8 Å². The SMILES string of the molecule is O=C(NCc1nnc2ccccn12)C1CCN(S(=O)(=O)c2ccc(Cl)cc2)CC1. The molecule has 1 aliphatic rings. The van der Waals surface area contributed by atoms with Crippen LogP contribution in [0.2, 0.25) is 5.02 Å². The molecule has 1 N–H and O–H groups in total. The third kappa shape index (κ3) is 4.12. The summed E-state index contributed by atoms with van der Waals surface area (Å²) in [5.41, 5.74) is 0.720. The minimum absolute atomic E-state index is 0.0961. The van der Waals surface area contributed by atoms with Gasteiger partial charge in [0.25, 0.3) is 0 Å². The van der Waals surface area contributed by atoms with E-state index in [1.165, 1.54) is 16.4 Å². The molecule has 2 aromatic heterocycles. The Hall–Kier alpha value is -2.49. The predicted octanol–water partition coefficient (Wildman–Crippen LogP) is 2.10. The van der Waals surface area contributed by atoms with Crippen LogP contribution in [0, 0.1) is 5.92 Å². The van der Waals surface area contributed by atoms with E-state index in [1.807, 2.05) is 28.8 Å². The Morgan fingerprint density at radius 2 is 1.83 bits per heavy atom. The molecule has 1 amide bonds. The summed E-state index contributed by atoms with van der Waals surface area (Å²) in [6.07, 6.45) is 2.79. The van der Waals surface area contributed by atoms with Gasteiger partial charge in [0.15, 0.2) is 11.5 Å². The van der Waals surface area contributed by atoms with Gasteiger partial charge in [0.05, 0.1) is 11.4 Å². The number of amides is 1. The van der Waals surface area contributed by atoms with E-state index < -0.39 is 10.0 Å². The van der Waals surface area contributed by atoms with E-state index in [-0.39, 0.29) is 23.3 Å². The zero-order chi connectivity index (χ0) is 20.4. The van der Waals surface area contributed by atoms with E-state index in [0.717, 1.165) is 5.65 Å². The zero-order valence-electron chi connectivity index (χ0n) is 15.5. The molecule has 0 spiro atoms. The van der Waals surface area contributed by atoms with Gasteiger partial charge in [0, 0.05) is 30.2 Å². The molecule has 1 aromatic carbocycles. The number of aromatic nitrogens is 3. The van der Waals surface area contributed by atoms with Crippen LogP contribution >= 0.6 is 11.6 Å². The molecule has 3 aromatic rings. The summed E-state index contributed by atoms with van der Waals surface area (Å²) in [6, 6.07) is 11.7. The fourth-order valence-electron chi connectivity index (χ4n) is 3.44. The lowest BCUT2D eigenvalue weighted by Gasteiger charge is -2.30. The predicted molar refractivity (Wildman–Crippen MR) is 108 cm³/mol. The number of carbonyl (C=O) groups is 1. The molecule has 0 saturated carbocycles. The van der Waals surface area contributed by atoms with Crippen LogP contribution in [0.5, 0.6) is 0 Å². The fourth-order valence-corrected chi connectivity index (χ4v) is 5.03. The zero-order valence-corrected chi connectivity index (χ0v) is 17.1. The lowest BCUT2D eigenvalue weighted by molar-refractivity contribution is -0.126. The smallest absolute Gasteiger partial charge is 0.243 e. The minimum Gasteiger partial charge on any atom is -0.349 e. The first-order valence-corrected chi connectivity index (χ1v) is 11.1. The van der Waals surface area contributed by atoms with Crippen molar-refractivity contribution in [2.24, 2.45) is 5.92 Å². The summed E-state index contributed by atoms with van der Waals surface area (Å²) in [7, 11) is -3.58. The number of hydrogen-bond acceptors (Lipinski definition) is 5. The second kappa shape index (κ2) is 8.10. The van der Waals surface area contributed by atoms with Crippen molar-refractivity contribution < 1.29 is 13.2 Å². The Balaban J connectivity index is 1.34. The van der Waals surface area contributed by atoms with E-state index in [2.05, 4.69) is 15.5 Å². The quantitative estimate of drug-likeness (QED) is 0.664. The van der Waals surface area contributed by atoms with Crippen LogP contribution in [0.1, 0.15) is 18.7 Å². The maximum absolute atomic E-state index is 12.7. The van der Waals surface area contributed by atoms with E-state index in [4.69, 9.17) is 11.6 Å². The van der Waals surface area contributed by atoms with Crippen molar-refractivity contribution in [3.8, 4) is 0 Å². The number of nitrogens with zero attached hydrogens (tertiary/aromatic N) is 4. The van der Waals surface area contributed by atoms with Gasteiger partial charge < -0.3 is 5.32 Å². The molecule has 3 heterocycles. The minimum atomic E-state index is -3.58. The van der Waals surface area contributed by atoms with Crippen molar-refractivity contribution in [2.45, 2.75) is 24.3 Å². The van der Waals surface area contributed by atoms with Crippen LogP contribution in [0.15, 0.2) is 53.6 Å². The van der Waals surface area contributed by atoms with Crippen molar-refractivity contribution in [1.82, 2.24) is 24.2 Å². The van der Waals surface area contributed by atoms with Crippen molar-refractivity contribution >= 4 is 33.2 Å². The fraction of sp³-hybridized carbons (Fsp3) is 0.316. The molecule has 0 aliphatic carbocycles.